The van der Waals surface area contributed by atoms with Gasteiger partial charge in [-0.2, -0.15) is 0 Å². The zero-order valence-electron chi connectivity index (χ0n) is 12.0. The van der Waals surface area contributed by atoms with Gasteiger partial charge in [0.15, 0.2) is 0 Å². The number of nitrogens with one attached hydrogen (secondary N) is 1. The Morgan fingerprint density at radius 2 is 2.10 bits per heavy atom. The highest BCUT2D eigenvalue weighted by molar-refractivity contribution is 9.10. The third-order valence-corrected chi connectivity index (χ3v) is 5.29. The minimum atomic E-state index is 0.0114. The van der Waals surface area contributed by atoms with E-state index in [1.165, 1.54) is 13.0 Å². The van der Waals surface area contributed by atoms with Crippen LogP contribution >= 0.6 is 27.5 Å². The summed E-state index contributed by atoms with van der Waals surface area (Å²) in [5.74, 6) is 0. The van der Waals surface area contributed by atoms with Gasteiger partial charge < -0.3 is 16.0 Å². The summed E-state index contributed by atoms with van der Waals surface area (Å²) >= 11 is 9.51. The molecule has 1 fully saturated rings. The van der Waals surface area contributed by atoms with Gasteiger partial charge in [-0.3, -0.25) is 0 Å². The van der Waals surface area contributed by atoms with Crippen LogP contribution in [-0.2, 0) is 0 Å². The van der Waals surface area contributed by atoms with Gasteiger partial charge in [0.25, 0.3) is 0 Å². The maximum absolute atomic E-state index is 6.05. The number of anilines is 1. The first-order valence-electron chi connectivity index (χ1n) is 7.24. The van der Waals surface area contributed by atoms with E-state index in [-0.39, 0.29) is 5.54 Å². The summed E-state index contributed by atoms with van der Waals surface area (Å²) in [7, 11) is 0. The molecular formula is C15H23BrClN3. The molecule has 0 spiro atoms. The van der Waals surface area contributed by atoms with Crippen molar-refractivity contribution in [3.63, 3.8) is 0 Å². The number of likely N-dealkylation sites (tertiary alicyclic amines) is 1. The fraction of sp³-hybridized carbons (Fsp3) is 0.600. The van der Waals surface area contributed by atoms with E-state index in [0.717, 1.165) is 41.1 Å². The van der Waals surface area contributed by atoms with Crippen LogP contribution in [0.5, 0.6) is 0 Å². The van der Waals surface area contributed by atoms with Gasteiger partial charge in [0, 0.05) is 29.8 Å². The van der Waals surface area contributed by atoms with E-state index in [0.29, 0.717) is 6.54 Å². The first-order chi connectivity index (χ1) is 9.58. The Morgan fingerprint density at radius 3 is 2.65 bits per heavy atom. The van der Waals surface area contributed by atoms with Crippen LogP contribution < -0.4 is 11.1 Å². The van der Waals surface area contributed by atoms with Crippen LogP contribution in [0.15, 0.2) is 22.7 Å². The summed E-state index contributed by atoms with van der Waals surface area (Å²) in [6.07, 6.45) is 3.39. The molecule has 3 N–H and O–H groups in total. The minimum Gasteiger partial charge on any atom is -0.378 e. The molecule has 0 unspecified atom stereocenters. The van der Waals surface area contributed by atoms with Crippen LogP contribution in [0.1, 0.15) is 26.2 Å². The van der Waals surface area contributed by atoms with E-state index in [9.17, 15) is 0 Å². The standard InChI is InChI=1S/C15H23BrClN3/c1-2-7-20-8-5-15(11-18,6-9-20)19-12-3-4-14(17)13(16)10-12/h3-4,10,19H,2,5-9,11,18H2,1H3. The Bertz CT molecular complexity index is 445. The largest absolute Gasteiger partial charge is 0.378 e. The molecule has 5 heteroatoms. The molecule has 1 saturated heterocycles. The summed E-state index contributed by atoms with van der Waals surface area (Å²) in [5.41, 5.74) is 7.15. The van der Waals surface area contributed by atoms with Crippen LogP contribution in [0.4, 0.5) is 5.69 Å². The van der Waals surface area contributed by atoms with E-state index in [2.05, 4.69) is 33.1 Å². The number of nitrogens with two attached hydrogens (primary N) is 1. The number of nitrogens with zero attached hydrogens (tertiary/aromatic N) is 1. The number of hydrogen-bond donors (Lipinski definition) is 2. The summed E-state index contributed by atoms with van der Waals surface area (Å²) in [6, 6.07) is 5.95. The lowest BCUT2D eigenvalue weighted by molar-refractivity contribution is 0.177. The maximum atomic E-state index is 6.05. The number of halogens is 2. The third kappa shape index (κ3) is 3.88. The highest BCUT2D eigenvalue weighted by Crippen LogP contribution is 2.30. The zero-order chi connectivity index (χ0) is 14.6. The highest BCUT2D eigenvalue weighted by atomic mass is 79.9. The summed E-state index contributed by atoms with van der Waals surface area (Å²) in [6.45, 7) is 6.31. The van der Waals surface area contributed by atoms with Gasteiger partial charge in [-0.15, -0.1) is 0 Å². The molecule has 0 atom stereocenters. The smallest absolute Gasteiger partial charge is 0.0549 e. The maximum Gasteiger partial charge on any atom is 0.0549 e. The van der Waals surface area contributed by atoms with Crippen LogP contribution in [0.25, 0.3) is 0 Å². The lowest BCUT2D eigenvalue weighted by atomic mass is 9.87. The first kappa shape index (κ1) is 16.1. The topological polar surface area (TPSA) is 41.3 Å². The monoisotopic (exact) mass is 359 g/mol. The van der Waals surface area contributed by atoms with Crippen molar-refractivity contribution in [1.29, 1.82) is 0 Å². The van der Waals surface area contributed by atoms with Crippen LogP contribution in [0.2, 0.25) is 5.02 Å². The van der Waals surface area contributed by atoms with E-state index in [1.807, 2.05) is 18.2 Å². The van der Waals surface area contributed by atoms with Crippen LogP contribution in [0, 0.1) is 0 Å². The van der Waals surface area contributed by atoms with Gasteiger partial charge in [-0.05, 0) is 59.9 Å². The molecule has 1 aromatic carbocycles. The Balaban J connectivity index is 2.03. The van der Waals surface area contributed by atoms with Gasteiger partial charge in [0.05, 0.1) is 10.6 Å². The quantitative estimate of drug-likeness (QED) is 0.841. The first-order valence-corrected chi connectivity index (χ1v) is 8.41. The second kappa shape index (κ2) is 7.12. The van der Waals surface area contributed by atoms with E-state index in [1.54, 1.807) is 0 Å². The van der Waals surface area contributed by atoms with Gasteiger partial charge in [-0.25, -0.2) is 0 Å². The molecule has 0 bridgehead atoms. The SMILES string of the molecule is CCCN1CCC(CN)(Nc2ccc(Cl)c(Br)c2)CC1. The van der Waals surface area contributed by atoms with Gasteiger partial charge in [-0.1, -0.05) is 18.5 Å². The number of piperidine rings is 1. The van der Waals surface area contributed by atoms with E-state index < -0.39 is 0 Å². The molecule has 0 aliphatic carbocycles. The van der Waals surface area contributed by atoms with Crippen molar-refractivity contribution >= 4 is 33.2 Å². The summed E-state index contributed by atoms with van der Waals surface area (Å²) in [5, 5.41) is 4.37. The van der Waals surface area contributed by atoms with Gasteiger partial charge in [0.1, 0.15) is 0 Å². The van der Waals surface area contributed by atoms with Crippen molar-refractivity contribution in [2.45, 2.75) is 31.7 Å². The normalized spacial score (nSPS) is 19.0. The second-order valence-corrected chi connectivity index (χ2v) is 6.84. The molecule has 0 aromatic heterocycles. The molecule has 2 rings (SSSR count). The molecule has 0 amide bonds. The van der Waals surface area contributed by atoms with Crippen molar-refractivity contribution < 1.29 is 0 Å². The lowest BCUT2D eigenvalue weighted by Crippen LogP contribution is -2.53. The molecule has 3 nitrogen and oxygen atoms in total. The van der Waals surface area contributed by atoms with Crippen LogP contribution in [-0.4, -0.2) is 36.6 Å². The zero-order valence-corrected chi connectivity index (χ0v) is 14.3. The molecule has 0 saturated carbocycles. The summed E-state index contributed by atoms with van der Waals surface area (Å²) in [4.78, 5) is 2.52. The minimum absolute atomic E-state index is 0.0114. The number of hydrogen-bond acceptors (Lipinski definition) is 3. The number of rotatable bonds is 5. The predicted octanol–water partition coefficient (Wildman–Crippen LogP) is 3.72. The van der Waals surface area contributed by atoms with Crippen molar-refractivity contribution in [1.82, 2.24) is 4.90 Å². The Hall–Kier alpha value is -0.290. The molecule has 112 valence electrons. The van der Waals surface area contributed by atoms with Crippen LogP contribution in [0.3, 0.4) is 0 Å². The number of benzene rings is 1. The molecule has 1 heterocycles. The molecular weight excluding hydrogens is 338 g/mol. The Morgan fingerprint density at radius 1 is 1.40 bits per heavy atom. The fourth-order valence-corrected chi connectivity index (χ4v) is 3.28. The third-order valence-electron chi connectivity index (χ3n) is 4.07. The molecule has 1 aromatic rings. The van der Waals surface area contributed by atoms with Crippen molar-refractivity contribution in [2.75, 3.05) is 31.5 Å². The van der Waals surface area contributed by atoms with Gasteiger partial charge >= 0.3 is 0 Å². The second-order valence-electron chi connectivity index (χ2n) is 5.58. The van der Waals surface area contributed by atoms with Crippen molar-refractivity contribution in [3.8, 4) is 0 Å². The van der Waals surface area contributed by atoms with E-state index in [4.69, 9.17) is 17.3 Å². The average Bonchev–Trinajstić information content (AvgIpc) is 2.46. The Labute approximate surface area is 135 Å². The molecule has 0 radical (unpaired) electrons. The Kier molecular flexibility index (Phi) is 5.73. The molecule has 1 aliphatic heterocycles. The highest BCUT2D eigenvalue weighted by Gasteiger charge is 2.33. The molecule has 20 heavy (non-hydrogen) atoms. The van der Waals surface area contributed by atoms with Crippen molar-refractivity contribution in [3.05, 3.63) is 27.7 Å². The lowest BCUT2D eigenvalue weighted by Gasteiger charge is -2.42. The van der Waals surface area contributed by atoms with E-state index >= 15 is 0 Å². The summed E-state index contributed by atoms with van der Waals surface area (Å²) < 4.78 is 0.916. The fourth-order valence-electron chi connectivity index (χ4n) is 2.78. The molecule has 1 aliphatic rings. The van der Waals surface area contributed by atoms with Crippen molar-refractivity contribution in [2.24, 2.45) is 5.73 Å². The predicted molar refractivity (Wildman–Crippen MR) is 90.5 cm³/mol. The average molecular weight is 361 g/mol. The van der Waals surface area contributed by atoms with Gasteiger partial charge in [0.2, 0.25) is 0 Å².